The fourth-order valence-corrected chi connectivity index (χ4v) is 0.970. The smallest absolute Gasteiger partial charge is 0.307 e. The summed E-state index contributed by atoms with van der Waals surface area (Å²) in [6.45, 7) is 3.49. The molecule has 5 nitrogen and oxygen atoms in total. The van der Waals surface area contributed by atoms with Gasteiger partial charge in [-0.2, -0.15) is 0 Å². The molecule has 5 heteroatoms. The van der Waals surface area contributed by atoms with Crippen molar-refractivity contribution in [2.75, 3.05) is 13.2 Å². The summed E-state index contributed by atoms with van der Waals surface area (Å²) in [6.07, 6.45) is 3.59. The molecule has 0 bridgehead atoms. The standard InChI is InChI=1S/C9H14N2O3/c1-2-13-9(12)3-4-10-5-8-6-11-14-7-8/h6-7,10H,2-5H2,1H3. The van der Waals surface area contributed by atoms with Gasteiger partial charge in [0, 0.05) is 18.7 Å². The number of aromatic nitrogens is 1. The molecule has 0 unspecified atom stereocenters. The Bertz CT molecular complexity index is 259. The molecule has 78 valence electrons. The maximum Gasteiger partial charge on any atom is 0.307 e. The van der Waals surface area contributed by atoms with Crippen molar-refractivity contribution in [3.63, 3.8) is 0 Å². The van der Waals surface area contributed by atoms with Crippen LogP contribution in [-0.2, 0) is 16.1 Å². The molecule has 0 saturated heterocycles. The number of esters is 1. The Balaban J connectivity index is 2.02. The van der Waals surface area contributed by atoms with Gasteiger partial charge in [0.15, 0.2) is 0 Å². The van der Waals surface area contributed by atoms with Crippen LogP contribution in [0.1, 0.15) is 18.9 Å². The van der Waals surface area contributed by atoms with Crippen LogP contribution < -0.4 is 5.32 Å². The van der Waals surface area contributed by atoms with E-state index in [1.165, 1.54) is 0 Å². The van der Waals surface area contributed by atoms with E-state index in [-0.39, 0.29) is 5.97 Å². The Labute approximate surface area is 82.4 Å². The van der Waals surface area contributed by atoms with Gasteiger partial charge < -0.3 is 14.6 Å². The van der Waals surface area contributed by atoms with E-state index in [1.54, 1.807) is 19.4 Å². The van der Waals surface area contributed by atoms with Gasteiger partial charge in [0.05, 0.1) is 19.2 Å². The first kappa shape index (κ1) is 10.7. The predicted molar refractivity (Wildman–Crippen MR) is 49.5 cm³/mol. The Kier molecular flexibility index (Phi) is 4.71. The molecule has 1 heterocycles. The minimum absolute atomic E-state index is 0.176. The van der Waals surface area contributed by atoms with Crippen molar-refractivity contribution in [1.29, 1.82) is 0 Å². The van der Waals surface area contributed by atoms with Crippen LogP contribution in [0.4, 0.5) is 0 Å². The summed E-state index contributed by atoms with van der Waals surface area (Å²) in [7, 11) is 0. The molecule has 0 aliphatic heterocycles. The van der Waals surface area contributed by atoms with Gasteiger partial charge in [-0.25, -0.2) is 0 Å². The van der Waals surface area contributed by atoms with E-state index >= 15 is 0 Å². The van der Waals surface area contributed by atoms with Gasteiger partial charge in [0.25, 0.3) is 0 Å². The lowest BCUT2D eigenvalue weighted by atomic mass is 10.3. The van der Waals surface area contributed by atoms with E-state index in [9.17, 15) is 4.79 Å². The minimum Gasteiger partial charge on any atom is -0.466 e. The predicted octanol–water partition coefficient (Wildman–Crippen LogP) is 0.717. The Morgan fingerprint density at radius 1 is 1.71 bits per heavy atom. The van der Waals surface area contributed by atoms with Crippen LogP contribution in [0.3, 0.4) is 0 Å². The van der Waals surface area contributed by atoms with Gasteiger partial charge in [0.1, 0.15) is 6.26 Å². The molecule has 1 aromatic rings. The normalized spacial score (nSPS) is 10.1. The summed E-state index contributed by atoms with van der Waals surface area (Å²) < 4.78 is 9.42. The van der Waals surface area contributed by atoms with Crippen LogP contribution in [0.15, 0.2) is 17.0 Å². The fraction of sp³-hybridized carbons (Fsp3) is 0.556. The summed E-state index contributed by atoms with van der Waals surface area (Å²) in [4.78, 5) is 10.9. The van der Waals surface area contributed by atoms with Crippen LogP contribution in [0.2, 0.25) is 0 Å². The third-order valence-electron chi connectivity index (χ3n) is 1.62. The SMILES string of the molecule is CCOC(=O)CCNCc1cnoc1. The number of ether oxygens (including phenoxy) is 1. The second kappa shape index (κ2) is 6.15. The van der Waals surface area contributed by atoms with Gasteiger partial charge in [-0.15, -0.1) is 0 Å². The molecule has 1 rings (SSSR count). The zero-order valence-corrected chi connectivity index (χ0v) is 8.16. The Morgan fingerprint density at radius 2 is 2.57 bits per heavy atom. The molecule has 0 atom stereocenters. The van der Waals surface area contributed by atoms with Crippen molar-refractivity contribution in [3.05, 3.63) is 18.0 Å². The average molecular weight is 198 g/mol. The quantitative estimate of drug-likeness (QED) is 0.539. The van der Waals surface area contributed by atoms with Gasteiger partial charge in [0.2, 0.25) is 0 Å². The molecular weight excluding hydrogens is 184 g/mol. The van der Waals surface area contributed by atoms with E-state index in [0.717, 1.165) is 5.56 Å². The molecule has 0 amide bonds. The molecule has 0 aliphatic carbocycles. The summed E-state index contributed by atoms with van der Waals surface area (Å²) >= 11 is 0. The van der Waals surface area contributed by atoms with Gasteiger partial charge in [-0.1, -0.05) is 5.16 Å². The third kappa shape index (κ3) is 4.04. The molecule has 0 aliphatic rings. The van der Waals surface area contributed by atoms with Gasteiger partial charge in [-0.3, -0.25) is 4.79 Å². The average Bonchev–Trinajstić information content (AvgIpc) is 2.65. The zero-order chi connectivity index (χ0) is 10.2. The van der Waals surface area contributed by atoms with E-state index in [2.05, 4.69) is 15.0 Å². The van der Waals surface area contributed by atoms with Crippen molar-refractivity contribution in [2.45, 2.75) is 19.9 Å². The fourth-order valence-electron chi connectivity index (χ4n) is 0.970. The zero-order valence-electron chi connectivity index (χ0n) is 8.16. The minimum atomic E-state index is -0.176. The summed E-state index contributed by atoms with van der Waals surface area (Å²) in [6, 6.07) is 0. The maximum absolute atomic E-state index is 10.9. The first-order valence-corrected chi connectivity index (χ1v) is 4.57. The molecule has 1 aromatic heterocycles. The van der Waals surface area contributed by atoms with E-state index in [1.807, 2.05) is 0 Å². The van der Waals surface area contributed by atoms with Gasteiger partial charge in [-0.05, 0) is 6.92 Å². The summed E-state index contributed by atoms with van der Waals surface area (Å²) in [5.74, 6) is -0.176. The van der Waals surface area contributed by atoms with Crippen LogP contribution >= 0.6 is 0 Å². The highest BCUT2D eigenvalue weighted by Crippen LogP contribution is 1.94. The Morgan fingerprint density at radius 3 is 3.21 bits per heavy atom. The number of carbonyl (C=O) groups excluding carboxylic acids is 1. The first-order chi connectivity index (χ1) is 6.83. The topological polar surface area (TPSA) is 64.4 Å². The van der Waals surface area contributed by atoms with Crippen LogP contribution in [0.5, 0.6) is 0 Å². The highest BCUT2D eigenvalue weighted by atomic mass is 16.5. The summed E-state index contributed by atoms with van der Waals surface area (Å²) in [5, 5.41) is 6.64. The number of hydrogen-bond donors (Lipinski definition) is 1. The molecule has 0 saturated carbocycles. The molecule has 0 radical (unpaired) electrons. The maximum atomic E-state index is 10.9. The van der Waals surface area contributed by atoms with Crippen LogP contribution in [-0.4, -0.2) is 24.3 Å². The molecule has 1 N–H and O–H groups in total. The van der Waals surface area contributed by atoms with Crippen LogP contribution in [0.25, 0.3) is 0 Å². The second-order valence-corrected chi connectivity index (χ2v) is 2.76. The number of carbonyl (C=O) groups is 1. The molecule has 0 fully saturated rings. The third-order valence-corrected chi connectivity index (χ3v) is 1.62. The van der Waals surface area contributed by atoms with Gasteiger partial charge >= 0.3 is 5.97 Å². The highest BCUT2D eigenvalue weighted by Gasteiger charge is 2.00. The lowest BCUT2D eigenvalue weighted by Crippen LogP contribution is -2.18. The monoisotopic (exact) mass is 198 g/mol. The van der Waals surface area contributed by atoms with E-state index < -0.39 is 0 Å². The molecule has 0 spiro atoms. The number of nitrogens with zero attached hydrogens (tertiary/aromatic N) is 1. The number of rotatable bonds is 6. The van der Waals surface area contributed by atoms with Crippen molar-refractivity contribution in [1.82, 2.24) is 10.5 Å². The number of nitrogens with one attached hydrogen (secondary N) is 1. The molecule has 0 aromatic carbocycles. The second-order valence-electron chi connectivity index (χ2n) is 2.76. The first-order valence-electron chi connectivity index (χ1n) is 4.57. The highest BCUT2D eigenvalue weighted by molar-refractivity contribution is 5.69. The number of hydrogen-bond acceptors (Lipinski definition) is 5. The lowest BCUT2D eigenvalue weighted by molar-refractivity contribution is -0.142. The van der Waals surface area contributed by atoms with Crippen molar-refractivity contribution < 1.29 is 14.1 Å². The van der Waals surface area contributed by atoms with E-state index in [4.69, 9.17) is 4.74 Å². The lowest BCUT2D eigenvalue weighted by Gasteiger charge is -2.02. The van der Waals surface area contributed by atoms with Crippen molar-refractivity contribution in [2.24, 2.45) is 0 Å². The van der Waals surface area contributed by atoms with Crippen LogP contribution in [0, 0.1) is 0 Å². The molecule has 14 heavy (non-hydrogen) atoms. The largest absolute Gasteiger partial charge is 0.466 e. The van der Waals surface area contributed by atoms with E-state index in [0.29, 0.717) is 26.1 Å². The molecular formula is C9H14N2O3. The van der Waals surface area contributed by atoms with Crippen molar-refractivity contribution in [3.8, 4) is 0 Å². The summed E-state index contributed by atoms with van der Waals surface area (Å²) in [5.41, 5.74) is 0.967. The van der Waals surface area contributed by atoms with Crippen molar-refractivity contribution >= 4 is 5.97 Å². The Hall–Kier alpha value is -1.36.